The lowest BCUT2D eigenvalue weighted by atomic mass is 10.2. The zero-order chi connectivity index (χ0) is 10.1. The first-order valence-electron chi connectivity index (χ1n) is 3.83. The Morgan fingerprint density at radius 1 is 1.50 bits per heavy atom. The van der Waals surface area contributed by atoms with E-state index < -0.39 is 0 Å². The van der Waals surface area contributed by atoms with Crippen LogP contribution in [0.4, 0.5) is 0 Å². The lowest BCUT2D eigenvalue weighted by molar-refractivity contribution is 0.112. The molecule has 0 radical (unpaired) electrons. The first-order valence-corrected chi connectivity index (χ1v) is 5.44. The van der Waals surface area contributed by atoms with Crippen molar-refractivity contribution in [1.82, 2.24) is 0 Å². The summed E-state index contributed by atoms with van der Waals surface area (Å²) in [6.07, 6.45) is 0.804. The van der Waals surface area contributed by atoms with Gasteiger partial charge in [0.05, 0.1) is 15.1 Å². The minimum Gasteiger partial charge on any atom is -0.297 e. The molecule has 0 saturated carbocycles. The highest BCUT2D eigenvalue weighted by Crippen LogP contribution is 2.33. The van der Waals surface area contributed by atoms with Gasteiger partial charge in [-0.05, 0) is 18.2 Å². The van der Waals surface area contributed by atoms with Crippen LogP contribution in [0.15, 0.2) is 22.7 Å². The van der Waals surface area contributed by atoms with Gasteiger partial charge in [0.25, 0.3) is 0 Å². The number of thiophene rings is 1. The van der Waals surface area contributed by atoms with Gasteiger partial charge in [0.2, 0.25) is 0 Å². The molecule has 1 aromatic heterocycles. The maximum atomic E-state index is 10.6. The monoisotopic (exact) mass is 265 g/mol. The molecule has 1 heterocycles. The lowest BCUT2D eigenvalue weighted by Crippen LogP contribution is -1.74. The summed E-state index contributed by atoms with van der Waals surface area (Å²) in [5, 5.41) is 9.79. The van der Waals surface area contributed by atoms with Crippen LogP contribution in [0.3, 0.4) is 0 Å². The number of fused-ring (bicyclic) bond motifs is 1. The normalized spacial score (nSPS) is 10.0. The maximum absolute atomic E-state index is 10.6. The number of carbonyl (C=O) groups excluding carboxylic acids is 1. The molecule has 0 saturated heterocycles. The first-order chi connectivity index (χ1) is 6.76. The Labute approximate surface area is 92.9 Å². The molecule has 0 aliphatic rings. The van der Waals surface area contributed by atoms with E-state index >= 15 is 0 Å². The predicted molar refractivity (Wildman–Crippen MR) is 59.6 cm³/mol. The molecule has 1 aromatic carbocycles. The highest BCUT2D eigenvalue weighted by atomic mass is 79.9. The van der Waals surface area contributed by atoms with Gasteiger partial charge in [-0.2, -0.15) is 5.26 Å². The molecule has 14 heavy (non-hydrogen) atoms. The van der Waals surface area contributed by atoms with Gasteiger partial charge >= 0.3 is 0 Å². The summed E-state index contributed by atoms with van der Waals surface area (Å²) in [4.78, 5) is 11.2. The summed E-state index contributed by atoms with van der Waals surface area (Å²) >= 11 is 4.73. The van der Waals surface area contributed by atoms with Crippen LogP contribution in [0.25, 0.3) is 10.1 Å². The number of carbonyl (C=O) groups is 1. The molecule has 2 aromatic rings. The van der Waals surface area contributed by atoms with Gasteiger partial charge in [0, 0.05) is 9.86 Å². The molecule has 68 valence electrons. The number of rotatable bonds is 1. The Bertz CT molecular complexity index is 553. The molecule has 2 rings (SSSR count). The van der Waals surface area contributed by atoms with Crippen molar-refractivity contribution in [2.45, 2.75) is 0 Å². The molecule has 0 aliphatic heterocycles. The van der Waals surface area contributed by atoms with Crippen molar-refractivity contribution in [3.63, 3.8) is 0 Å². The fraction of sp³-hybridized carbons (Fsp3) is 0. The van der Waals surface area contributed by atoms with E-state index in [0.29, 0.717) is 10.4 Å². The van der Waals surface area contributed by atoms with Crippen molar-refractivity contribution in [1.29, 1.82) is 5.26 Å². The van der Waals surface area contributed by atoms with Crippen LogP contribution in [0.5, 0.6) is 0 Å². The van der Waals surface area contributed by atoms with Gasteiger partial charge in [-0.25, -0.2) is 0 Å². The molecular formula is C10H4BrNOS. The minimum atomic E-state index is 0.612. The van der Waals surface area contributed by atoms with Crippen LogP contribution in [0, 0.1) is 11.3 Å². The fourth-order valence-corrected chi connectivity index (χ4v) is 2.79. The third kappa shape index (κ3) is 1.35. The van der Waals surface area contributed by atoms with Crippen molar-refractivity contribution in [2.24, 2.45) is 0 Å². The van der Waals surface area contributed by atoms with Gasteiger partial charge in [-0.15, -0.1) is 11.3 Å². The molecule has 0 fully saturated rings. The number of halogens is 1. The SMILES string of the molecule is N#Cc1ccc(Br)c2cc(C=O)sc12. The van der Waals surface area contributed by atoms with Crippen LogP contribution in [-0.4, -0.2) is 6.29 Å². The van der Waals surface area contributed by atoms with Crippen molar-refractivity contribution >= 4 is 43.6 Å². The third-order valence-electron chi connectivity index (χ3n) is 1.89. The Hall–Kier alpha value is -1.18. The molecule has 4 heteroatoms. The number of aldehydes is 1. The molecule has 2 nitrogen and oxygen atoms in total. The number of nitrogens with zero attached hydrogens (tertiary/aromatic N) is 1. The van der Waals surface area contributed by atoms with Crippen LogP contribution in [0.2, 0.25) is 0 Å². The molecule has 0 amide bonds. The maximum Gasteiger partial charge on any atom is 0.160 e. The van der Waals surface area contributed by atoms with Crippen LogP contribution in [0.1, 0.15) is 15.2 Å². The third-order valence-corrected chi connectivity index (χ3v) is 3.67. The second-order valence-electron chi connectivity index (χ2n) is 2.72. The van der Waals surface area contributed by atoms with Crippen molar-refractivity contribution < 1.29 is 4.79 Å². The van der Waals surface area contributed by atoms with E-state index in [-0.39, 0.29) is 0 Å². The first kappa shape index (κ1) is 9.38. The van der Waals surface area contributed by atoms with Crippen molar-refractivity contribution in [2.75, 3.05) is 0 Å². The van der Waals surface area contributed by atoms with E-state index in [1.54, 1.807) is 12.1 Å². The Balaban J connectivity index is 2.89. The summed E-state index contributed by atoms with van der Waals surface area (Å²) in [5.74, 6) is 0. The number of hydrogen-bond acceptors (Lipinski definition) is 3. The largest absolute Gasteiger partial charge is 0.297 e. The van der Waals surface area contributed by atoms with Crippen molar-refractivity contribution in [3.05, 3.63) is 33.1 Å². The Morgan fingerprint density at radius 2 is 2.29 bits per heavy atom. The molecule has 0 spiro atoms. The summed E-state index contributed by atoms with van der Waals surface area (Å²) in [6, 6.07) is 7.47. The zero-order valence-electron chi connectivity index (χ0n) is 6.95. The molecule has 0 bridgehead atoms. The van der Waals surface area contributed by atoms with Gasteiger partial charge in [0.1, 0.15) is 6.07 Å². The van der Waals surface area contributed by atoms with E-state index in [0.717, 1.165) is 20.8 Å². The van der Waals surface area contributed by atoms with E-state index in [1.807, 2.05) is 6.07 Å². The predicted octanol–water partition coefficient (Wildman–Crippen LogP) is 3.35. The second-order valence-corrected chi connectivity index (χ2v) is 4.65. The highest BCUT2D eigenvalue weighted by Gasteiger charge is 2.08. The molecular weight excluding hydrogens is 262 g/mol. The minimum absolute atomic E-state index is 0.612. The standard InChI is InChI=1S/C10H4BrNOS/c11-9-2-1-6(4-12)10-8(9)3-7(5-13)14-10/h1-3,5H. The zero-order valence-corrected chi connectivity index (χ0v) is 9.35. The second kappa shape index (κ2) is 3.52. The number of hydrogen-bond donors (Lipinski definition) is 0. The lowest BCUT2D eigenvalue weighted by Gasteiger charge is -1.94. The number of benzene rings is 1. The van der Waals surface area contributed by atoms with Crippen LogP contribution in [-0.2, 0) is 0 Å². The summed E-state index contributed by atoms with van der Waals surface area (Å²) < 4.78 is 1.78. The molecule has 0 unspecified atom stereocenters. The van der Waals surface area contributed by atoms with Crippen molar-refractivity contribution in [3.8, 4) is 6.07 Å². The number of nitriles is 1. The molecule has 0 N–H and O–H groups in total. The quantitative estimate of drug-likeness (QED) is 0.742. The van der Waals surface area contributed by atoms with Crippen LogP contribution < -0.4 is 0 Å². The smallest absolute Gasteiger partial charge is 0.160 e. The van der Waals surface area contributed by atoms with Gasteiger partial charge in [-0.3, -0.25) is 4.79 Å². The summed E-state index contributed by atoms with van der Waals surface area (Å²) in [6.45, 7) is 0. The van der Waals surface area contributed by atoms with E-state index in [4.69, 9.17) is 5.26 Å². The average molecular weight is 266 g/mol. The molecule has 0 atom stereocenters. The van der Waals surface area contributed by atoms with Gasteiger partial charge in [0.15, 0.2) is 6.29 Å². The van der Waals surface area contributed by atoms with Gasteiger partial charge in [-0.1, -0.05) is 15.9 Å². The van der Waals surface area contributed by atoms with E-state index in [2.05, 4.69) is 22.0 Å². The molecule has 0 aliphatic carbocycles. The van der Waals surface area contributed by atoms with E-state index in [1.165, 1.54) is 11.3 Å². The fourth-order valence-electron chi connectivity index (χ4n) is 1.26. The topological polar surface area (TPSA) is 40.9 Å². The Kier molecular flexibility index (Phi) is 2.36. The highest BCUT2D eigenvalue weighted by molar-refractivity contribution is 9.10. The summed E-state index contributed by atoms with van der Waals surface area (Å²) in [7, 11) is 0. The summed E-state index contributed by atoms with van der Waals surface area (Å²) in [5.41, 5.74) is 0.612. The van der Waals surface area contributed by atoms with Gasteiger partial charge < -0.3 is 0 Å². The van der Waals surface area contributed by atoms with Crippen LogP contribution >= 0.6 is 27.3 Å². The Morgan fingerprint density at radius 3 is 2.93 bits per heavy atom. The van der Waals surface area contributed by atoms with E-state index in [9.17, 15) is 4.79 Å². The average Bonchev–Trinajstić information content (AvgIpc) is 2.63.